The molecule has 0 N–H and O–H groups in total. The molecular formula is C19H23N3O4S2. The van der Waals surface area contributed by atoms with Gasteiger partial charge in [0.25, 0.3) is 5.91 Å². The lowest BCUT2D eigenvalue weighted by atomic mass is 9.79. The molecule has 0 saturated carbocycles. The molecule has 9 heteroatoms. The molecule has 2 amide bonds. The Hall–Kier alpha value is -2.05. The van der Waals surface area contributed by atoms with E-state index in [4.69, 9.17) is 9.47 Å². The van der Waals surface area contributed by atoms with Gasteiger partial charge in [-0.1, -0.05) is 6.07 Å². The maximum atomic E-state index is 13.2. The third-order valence-electron chi connectivity index (χ3n) is 5.41. The Morgan fingerprint density at radius 2 is 2.07 bits per heavy atom. The topological polar surface area (TPSA) is 82.9 Å². The van der Waals surface area contributed by atoms with E-state index in [0.717, 1.165) is 0 Å². The minimum atomic E-state index is -1.45. The number of hydrogen-bond acceptors (Lipinski definition) is 7. The predicted octanol–water partition coefficient (Wildman–Crippen LogP) is 2.25. The maximum Gasteiger partial charge on any atom is 0.258 e. The van der Waals surface area contributed by atoms with Gasteiger partial charge in [0.1, 0.15) is 0 Å². The number of amides is 2. The molecule has 2 heterocycles. The number of rotatable bonds is 4. The highest BCUT2D eigenvalue weighted by Crippen LogP contribution is 2.57. The first kappa shape index (κ1) is 20.7. The number of nitrogens with zero attached hydrogens (tertiary/aromatic N) is 3. The fourth-order valence-electron chi connectivity index (χ4n) is 3.95. The predicted molar refractivity (Wildman–Crippen MR) is 109 cm³/mol. The van der Waals surface area contributed by atoms with Crippen LogP contribution in [0.25, 0.3) is 0 Å². The van der Waals surface area contributed by atoms with E-state index in [1.165, 1.54) is 9.80 Å². The highest BCUT2D eigenvalue weighted by molar-refractivity contribution is 7.82. The summed E-state index contributed by atoms with van der Waals surface area (Å²) in [6.45, 7) is 4.17. The molecule has 2 aliphatic heterocycles. The van der Waals surface area contributed by atoms with Crippen LogP contribution in [0.2, 0.25) is 0 Å². The van der Waals surface area contributed by atoms with E-state index in [9.17, 15) is 14.9 Å². The van der Waals surface area contributed by atoms with E-state index in [1.54, 1.807) is 32.2 Å². The maximum absolute atomic E-state index is 13.2. The summed E-state index contributed by atoms with van der Waals surface area (Å²) in [5.74, 6) is 0.362. The molecular weight excluding hydrogens is 398 g/mol. The van der Waals surface area contributed by atoms with Crippen molar-refractivity contribution in [2.24, 2.45) is 5.41 Å². The summed E-state index contributed by atoms with van der Waals surface area (Å²) in [7, 11) is 1.65. The molecule has 3 atom stereocenters. The molecule has 7 nitrogen and oxygen atoms in total. The molecule has 0 bridgehead atoms. The van der Waals surface area contributed by atoms with Gasteiger partial charge >= 0.3 is 0 Å². The summed E-state index contributed by atoms with van der Waals surface area (Å²) in [5.41, 5.74) is -0.343. The smallest absolute Gasteiger partial charge is 0.258 e. The van der Waals surface area contributed by atoms with E-state index in [-0.39, 0.29) is 30.8 Å². The molecule has 28 heavy (non-hydrogen) atoms. The van der Waals surface area contributed by atoms with Crippen LogP contribution < -0.4 is 9.47 Å². The third kappa shape index (κ3) is 3.08. The molecule has 150 valence electrons. The number of likely N-dealkylation sites (N-methyl/N-ethyl adjacent to an activating group) is 1. The van der Waals surface area contributed by atoms with Crippen molar-refractivity contribution in [3.05, 3.63) is 23.8 Å². The molecule has 0 aliphatic carbocycles. The number of ether oxygens (including phenoxy) is 2. The summed E-state index contributed by atoms with van der Waals surface area (Å²) < 4.78 is 10.8. The Kier molecular flexibility index (Phi) is 5.47. The van der Waals surface area contributed by atoms with Crippen LogP contribution in [0, 0.1) is 16.7 Å². The number of hydrogen-bond donors (Lipinski definition) is 2. The normalized spacial score (nSPS) is 28.1. The second kappa shape index (κ2) is 7.41. The number of fused-ring (bicyclic) bond motifs is 1. The lowest BCUT2D eigenvalue weighted by Crippen LogP contribution is -2.55. The summed E-state index contributed by atoms with van der Waals surface area (Å²) >= 11 is 8.83. The van der Waals surface area contributed by atoms with Crippen molar-refractivity contribution >= 4 is 37.1 Å². The average Bonchev–Trinajstić information content (AvgIpc) is 3.26. The van der Waals surface area contributed by atoms with Crippen LogP contribution in [0.15, 0.2) is 18.2 Å². The van der Waals surface area contributed by atoms with Gasteiger partial charge in [-0.15, -0.1) is 12.6 Å². The number of likely N-dealkylation sites (tertiary alicyclic amines) is 1. The van der Waals surface area contributed by atoms with Crippen LogP contribution in [0.4, 0.5) is 0 Å². The Labute approximate surface area is 175 Å². The van der Waals surface area contributed by atoms with Gasteiger partial charge in [0, 0.05) is 20.0 Å². The van der Waals surface area contributed by atoms with Crippen LogP contribution in [-0.4, -0.2) is 52.6 Å². The molecule has 0 spiro atoms. The third-order valence-corrected chi connectivity index (χ3v) is 6.24. The summed E-state index contributed by atoms with van der Waals surface area (Å²) in [5, 5.41) is 10.0. The van der Waals surface area contributed by atoms with Crippen LogP contribution in [0.5, 0.6) is 11.5 Å². The van der Waals surface area contributed by atoms with Gasteiger partial charge in [-0.25, -0.2) is 0 Å². The molecule has 1 fully saturated rings. The van der Waals surface area contributed by atoms with Gasteiger partial charge in [0.05, 0.1) is 23.3 Å². The van der Waals surface area contributed by atoms with Gasteiger partial charge < -0.3 is 19.3 Å². The average molecular weight is 422 g/mol. The standard InChI is InChI=1S/C19H23N3O4S2/c1-4-21(3)17(24)19(28)9-18(2,10-20)16(22(19)15(23)8-27)12-5-6-13-14(7-12)26-11-25-13/h5-7,16,27-28H,4,8-9,11H2,1-3H3/t16-,18+,19+/m1/s1. The SMILES string of the molecule is CCN(C)C(=O)[C@@]1(S)C[C@@](C)(C#N)[C@@H](c2ccc3c(c2)OCO3)N1C(=O)CS. The first-order valence-corrected chi connectivity index (χ1v) is 10.0. The van der Waals surface area contributed by atoms with Crippen LogP contribution in [0.3, 0.4) is 0 Å². The summed E-state index contributed by atoms with van der Waals surface area (Å²) in [4.78, 5) is 27.6. The van der Waals surface area contributed by atoms with Crippen molar-refractivity contribution < 1.29 is 19.1 Å². The molecule has 0 aromatic heterocycles. The number of thiol groups is 2. The van der Waals surface area contributed by atoms with Crippen molar-refractivity contribution in [1.29, 1.82) is 5.26 Å². The van der Waals surface area contributed by atoms with Crippen molar-refractivity contribution in [2.45, 2.75) is 31.2 Å². The summed E-state index contributed by atoms with van der Waals surface area (Å²) in [6, 6.07) is 6.94. The van der Waals surface area contributed by atoms with Gasteiger partial charge in [-0.2, -0.15) is 17.9 Å². The zero-order valence-electron chi connectivity index (χ0n) is 16.0. The molecule has 0 radical (unpaired) electrons. The highest BCUT2D eigenvalue weighted by atomic mass is 32.1. The number of benzene rings is 1. The zero-order valence-corrected chi connectivity index (χ0v) is 17.8. The molecule has 1 aromatic carbocycles. The fraction of sp³-hybridized carbons (Fsp3) is 0.526. The minimum Gasteiger partial charge on any atom is -0.454 e. The number of carbonyl (C=O) groups excluding carboxylic acids is 2. The van der Waals surface area contributed by atoms with Crippen molar-refractivity contribution in [1.82, 2.24) is 9.80 Å². The largest absolute Gasteiger partial charge is 0.454 e. The lowest BCUT2D eigenvalue weighted by molar-refractivity contribution is -0.145. The van der Waals surface area contributed by atoms with E-state index in [1.807, 2.05) is 6.92 Å². The van der Waals surface area contributed by atoms with E-state index < -0.39 is 16.3 Å². The van der Waals surface area contributed by atoms with Gasteiger partial charge in [-0.05, 0) is 31.5 Å². The van der Waals surface area contributed by atoms with Crippen LogP contribution in [0.1, 0.15) is 31.9 Å². The van der Waals surface area contributed by atoms with Crippen LogP contribution >= 0.6 is 25.3 Å². The van der Waals surface area contributed by atoms with Crippen molar-refractivity contribution in [3.63, 3.8) is 0 Å². The Morgan fingerprint density at radius 1 is 1.39 bits per heavy atom. The zero-order chi connectivity index (χ0) is 20.7. The first-order valence-electron chi connectivity index (χ1n) is 8.93. The molecule has 0 unspecified atom stereocenters. The monoisotopic (exact) mass is 421 g/mol. The quantitative estimate of drug-likeness (QED) is 0.729. The minimum absolute atomic E-state index is 0.0986. The van der Waals surface area contributed by atoms with Gasteiger partial charge in [0.2, 0.25) is 12.7 Å². The molecule has 3 rings (SSSR count). The lowest BCUT2D eigenvalue weighted by Gasteiger charge is -2.38. The summed E-state index contributed by atoms with van der Waals surface area (Å²) in [6.07, 6.45) is 0.0986. The Balaban J connectivity index is 2.16. The molecule has 1 saturated heterocycles. The van der Waals surface area contributed by atoms with E-state index in [2.05, 4.69) is 31.3 Å². The van der Waals surface area contributed by atoms with Crippen LogP contribution in [-0.2, 0) is 9.59 Å². The second-order valence-corrected chi connectivity index (χ2v) is 8.34. The van der Waals surface area contributed by atoms with Crippen molar-refractivity contribution in [2.75, 3.05) is 26.1 Å². The number of carbonyl (C=O) groups is 2. The highest BCUT2D eigenvalue weighted by Gasteiger charge is 2.62. The van der Waals surface area contributed by atoms with Crippen molar-refractivity contribution in [3.8, 4) is 17.6 Å². The van der Waals surface area contributed by atoms with E-state index in [0.29, 0.717) is 23.6 Å². The first-order chi connectivity index (χ1) is 13.2. The number of nitriles is 1. The second-order valence-electron chi connectivity index (χ2n) is 7.28. The molecule has 1 aromatic rings. The van der Waals surface area contributed by atoms with Gasteiger partial charge in [-0.3, -0.25) is 9.59 Å². The Bertz CT molecular complexity index is 858. The fourth-order valence-corrected chi connectivity index (χ4v) is 4.83. The molecule has 2 aliphatic rings. The van der Waals surface area contributed by atoms with E-state index >= 15 is 0 Å². The van der Waals surface area contributed by atoms with Gasteiger partial charge in [0.15, 0.2) is 16.4 Å². The Morgan fingerprint density at radius 3 is 2.68 bits per heavy atom.